The molecule has 1 heterocycles. The highest BCUT2D eigenvalue weighted by atomic mass is 79.9. The average Bonchev–Trinajstić information content (AvgIpc) is 3.02. The van der Waals surface area contributed by atoms with E-state index in [2.05, 4.69) is 22.0 Å². The molecule has 1 aromatic heterocycles. The summed E-state index contributed by atoms with van der Waals surface area (Å²) in [5.41, 5.74) is 2.70. The van der Waals surface area contributed by atoms with Gasteiger partial charge in [0.15, 0.2) is 0 Å². The normalized spacial score (nSPS) is 10.5. The molecule has 0 aliphatic rings. The van der Waals surface area contributed by atoms with Gasteiger partial charge in [-0.2, -0.15) is 5.26 Å². The van der Waals surface area contributed by atoms with E-state index in [9.17, 15) is 10.1 Å². The number of fused-ring (bicyclic) bond motifs is 1. The Kier molecular flexibility index (Phi) is 4.68. The molecule has 0 aliphatic carbocycles. The Hall–Kier alpha value is -2.58. The van der Waals surface area contributed by atoms with Crippen molar-refractivity contribution in [2.45, 2.75) is 13.3 Å². The maximum absolute atomic E-state index is 12.1. The van der Waals surface area contributed by atoms with Gasteiger partial charge in [-0.05, 0) is 42.8 Å². The molecular formula is C19H15BrN2O2. The number of carbonyl (C=O) groups excluding carboxylic acids is 1. The van der Waals surface area contributed by atoms with Gasteiger partial charge >= 0.3 is 5.97 Å². The minimum atomic E-state index is -0.335. The smallest absolute Gasteiger partial charge is 0.338 e. The number of carbonyl (C=O) groups is 1. The number of hydrogen-bond donors (Lipinski definition) is 0. The van der Waals surface area contributed by atoms with Crippen LogP contribution in [0.25, 0.3) is 16.6 Å². The first-order valence-electron chi connectivity index (χ1n) is 7.62. The second kappa shape index (κ2) is 6.90. The fraction of sp³-hybridized carbons (Fsp3) is 0.158. The van der Waals surface area contributed by atoms with E-state index in [0.717, 1.165) is 27.5 Å². The predicted molar refractivity (Wildman–Crippen MR) is 96.3 cm³/mol. The lowest BCUT2D eigenvalue weighted by Gasteiger charge is -2.09. The van der Waals surface area contributed by atoms with Crippen LogP contribution in [0.15, 0.2) is 53.1 Å². The number of nitriles is 1. The molecule has 4 nitrogen and oxygen atoms in total. The van der Waals surface area contributed by atoms with Crippen molar-refractivity contribution in [1.29, 1.82) is 5.26 Å². The zero-order chi connectivity index (χ0) is 17.1. The Labute approximate surface area is 148 Å². The number of rotatable bonds is 4. The van der Waals surface area contributed by atoms with Crippen LogP contribution in [-0.4, -0.2) is 17.1 Å². The molecule has 0 aliphatic heterocycles. The van der Waals surface area contributed by atoms with Crippen LogP contribution in [0, 0.1) is 11.3 Å². The van der Waals surface area contributed by atoms with Gasteiger partial charge in [-0.1, -0.05) is 28.9 Å². The third-order valence-corrected chi connectivity index (χ3v) is 4.12. The Morgan fingerprint density at radius 2 is 2.12 bits per heavy atom. The number of esters is 1. The van der Waals surface area contributed by atoms with Crippen LogP contribution in [-0.2, 0) is 4.74 Å². The van der Waals surface area contributed by atoms with Crippen LogP contribution in [0.2, 0.25) is 0 Å². The first-order valence-corrected chi connectivity index (χ1v) is 8.41. The van der Waals surface area contributed by atoms with Gasteiger partial charge in [0.1, 0.15) is 6.07 Å². The summed E-state index contributed by atoms with van der Waals surface area (Å²) in [6, 6.07) is 15.2. The first kappa shape index (κ1) is 16.3. The Bertz CT molecular complexity index is 954. The van der Waals surface area contributed by atoms with Crippen molar-refractivity contribution < 1.29 is 9.53 Å². The number of ether oxygens (including phenoxy) is 1. The Morgan fingerprint density at radius 3 is 2.88 bits per heavy atom. The maximum atomic E-state index is 12.1. The summed E-state index contributed by atoms with van der Waals surface area (Å²) in [7, 11) is 0. The summed E-state index contributed by atoms with van der Waals surface area (Å²) >= 11 is 3.42. The molecule has 5 heteroatoms. The molecule has 0 amide bonds. The molecule has 3 aromatic rings. The molecule has 2 aromatic carbocycles. The largest absolute Gasteiger partial charge is 0.462 e. The number of halogens is 1. The summed E-state index contributed by atoms with van der Waals surface area (Å²) in [5, 5.41) is 10.4. The highest BCUT2D eigenvalue weighted by molar-refractivity contribution is 9.10. The van der Waals surface area contributed by atoms with Gasteiger partial charge in [0.05, 0.1) is 23.3 Å². The second-order valence-electron chi connectivity index (χ2n) is 5.37. The summed E-state index contributed by atoms with van der Waals surface area (Å²) in [4.78, 5) is 12.1. The number of hydrogen-bond acceptors (Lipinski definition) is 3. The Morgan fingerprint density at radius 1 is 1.29 bits per heavy atom. The van der Waals surface area contributed by atoms with Crippen molar-refractivity contribution in [2.24, 2.45) is 0 Å². The van der Waals surface area contributed by atoms with Crippen LogP contribution >= 0.6 is 15.9 Å². The first-order chi connectivity index (χ1) is 11.6. The molecule has 0 saturated carbocycles. The lowest BCUT2D eigenvalue weighted by Crippen LogP contribution is -2.06. The molecule has 120 valence electrons. The van der Waals surface area contributed by atoms with E-state index in [1.165, 1.54) is 0 Å². The van der Waals surface area contributed by atoms with Crippen LogP contribution < -0.4 is 0 Å². The van der Waals surface area contributed by atoms with Gasteiger partial charge in [-0.15, -0.1) is 0 Å². The van der Waals surface area contributed by atoms with Crippen molar-refractivity contribution in [3.05, 3.63) is 64.3 Å². The molecule has 0 radical (unpaired) electrons. The molecular weight excluding hydrogens is 368 g/mol. The summed E-state index contributed by atoms with van der Waals surface area (Å²) in [6.45, 7) is 2.36. The van der Waals surface area contributed by atoms with E-state index in [4.69, 9.17) is 4.74 Å². The molecule has 0 bridgehead atoms. The van der Waals surface area contributed by atoms with E-state index >= 15 is 0 Å². The van der Waals surface area contributed by atoms with Gasteiger partial charge in [0.25, 0.3) is 0 Å². The average molecular weight is 383 g/mol. The minimum Gasteiger partial charge on any atom is -0.462 e. The summed E-state index contributed by atoms with van der Waals surface area (Å²) in [6.07, 6.45) is 2.68. The van der Waals surface area contributed by atoms with Gasteiger partial charge in [-0.25, -0.2) is 4.79 Å². The van der Waals surface area contributed by atoms with Gasteiger partial charge in [0.2, 0.25) is 0 Å². The van der Waals surface area contributed by atoms with Gasteiger partial charge < -0.3 is 9.30 Å². The molecule has 0 saturated heterocycles. The lowest BCUT2D eigenvalue weighted by molar-refractivity contribution is 0.0505. The van der Waals surface area contributed by atoms with E-state index in [-0.39, 0.29) is 5.97 Å². The van der Waals surface area contributed by atoms with Crippen LogP contribution in [0.4, 0.5) is 0 Å². The number of nitrogens with zero attached hydrogens (tertiary/aromatic N) is 2. The predicted octanol–water partition coefficient (Wildman–Crippen LogP) is 4.83. The SMILES string of the molecule is CCCOC(=O)c1cccc(-n2ccc3cc(Br)cc(C#N)c32)c1. The second-order valence-corrected chi connectivity index (χ2v) is 6.29. The fourth-order valence-corrected chi connectivity index (χ4v) is 3.08. The van der Waals surface area contributed by atoms with Crippen molar-refractivity contribution >= 4 is 32.8 Å². The number of benzene rings is 2. The number of aromatic nitrogens is 1. The third kappa shape index (κ3) is 3.06. The van der Waals surface area contributed by atoms with E-state index in [1.54, 1.807) is 18.2 Å². The van der Waals surface area contributed by atoms with Crippen molar-refractivity contribution in [2.75, 3.05) is 6.61 Å². The zero-order valence-corrected chi connectivity index (χ0v) is 14.7. The molecule has 0 spiro atoms. The zero-order valence-electron chi connectivity index (χ0n) is 13.1. The lowest BCUT2D eigenvalue weighted by atomic mass is 10.1. The van der Waals surface area contributed by atoms with E-state index in [1.807, 2.05) is 42.0 Å². The highest BCUT2D eigenvalue weighted by Crippen LogP contribution is 2.28. The van der Waals surface area contributed by atoms with Crippen LogP contribution in [0.3, 0.4) is 0 Å². The van der Waals surface area contributed by atoms with E-state index < -0.39 is 0 Å². The monoisotopic (exact) mass is 382 g/mol. The van der Waals surface area contributed by atoms with Crippen molar-refractivity contribution in [3.63, 3.8) is 0 Å². The van der Waals surface area contributed by atoms with Crippen LogP contribution in [0.5, 0.6) is 0 Å². The maximum Gasteiger partial charge on any atom is 0.338 e. The topological polar surface area (TPSA) is 55.0 Å². The molecule has 0 N–H and O–H groups in total. The third-order valence-electron chi connectivity index (χ3n) is 3.67. The quantitative estimate of drug-likeness (QED) is 0.607. The Balaban J connectivity index is 2.09. The molecule has 0 atom stereocenters. The molecule has 0 fully saturated rings. The van der Waals surface area contributed by atoms with Crippen LogP contribution in [0.1, 0.15) is 29.3 Å². The summed E-state index contributed by atoms with van der Waals surface area (Å²) < 4.78 is 7.97. The standard InChI is InChI=1S/C19H15BrN2O2/c1-2-8-24-19(23)14-4-3-5-17(11-14)22-7-6-13-9-16(20)10-15(12-21)18(13)22/h3-7,9-11H,2,8H2,1H3. The van der Waals surface area contributed by atoms with E-state index in [0.29, 0.717) is 17.7 Å². The summed E-state index contributed by atoms with van der Waals surface area (Å²) in [5.74, 6) is -0.335. The molecule has 3 rings (SSSR count). The van der Waals surface area contributed by atoms with Crippen molar-refractivity contribution in [3.8, 4) is 11.8 Å². The van der Waals surface area contributed by atoms with Gasteiger partial charge in [-0.3, -0.25) is 0 Å². The molecule has 0 unspecified atom stereocenters. The highest BCUT2D eigenvalue weighted by Gasteiger charge is 2.12. The molecule has 24 heavy (non-hydrogen) atoms. The fourth-order valence-electron chi connectivity index (χ4n) is 2.61. The minimum absolute atomic E-state index is 0.335. The van der Waals surface area contributed by atoms with Gasteiger partial charge in [0, 0.05) is 21.7 Å². The van der Waals surface area contributed by atoms with Crippen molar-refractivity contribution in [1.82, 2.24) is 4.57 Å².